The molecule has 3 heterocycles. The lowest BCUT2D eigenvalue weighted by Gasteiger charge is -2.35. The molecule has 0 unspecified atom stereocenters. The van der Waals surface area contributed by atoms with E-state index in [1.165, 1.54) is 0 Å². The van der Waals surface area contributed by atoms with Crippen LogP contribution in [0.2, 0.25) is 0 Å². The number of thiazole rings is 1. The van der Waals surface area contributed by atoms with Gasteiger partial charge in [0.25, 0.3) is 0 Å². The Hall–Kier alpha value is -2.93. The van der Waals surface area contributed by atoms with Crippen LogP contribution in [0, 0.1) is 0 Å². The third kappa shape index (κ3) is 4.48. The highest BCUT2D eigenvalue weighted by atomic mass is 32.1. The molecule has 0 aliphatic carbocycles. The molecule has 28 heavy (non-hydrogen) atoms. The van der Waals surface area contributed by atoms with Gasteiger partial charge in [-0.15, -0.1) is 0 Å². The Bertz CT molecular complexity index is 891. The summed E-state index contributed by atoms with van der Waals surface area (Å²) in [5.74, 6) is 1.17. The zero-order valence-corrected chi connectivity index (χ0v) is 16.4. The molecule has 0 bridgehead atoms. The summed E-state index contributed by atoms with van der Waals surface area (Å²) in [4.78, 5) is 26.6. The van der Waals surface area contributed by atoms with Crippen molar-refractivity contribution in [3.63, 3.8) is 0 Å². The summed E-state index contributed by atoms with van der Waals surface area (Å²) < 4.78 is 0. The molecule has 144 valence electrons. The van der Waals surface area contributed by atoms with E-state index in [1.54, 1.807) is 17.5 Å². The number of hydrogen-bond acceptors (Lipinski definition) is 6. The summed E-state index contributed by atoms with van der Waals surface area (Å²) in [6, 6.07) is 16.1. The molecular weight excluding hydrogens is 370 g/mol. The first-order valence-corrected chi connectivity index (χ1v) is 10.3. The standard InChI is InChI=1S/C21H23N5OS/c27-20(26-14-12-25(13-15-26)19-8-4-5-10-22-19)9-11-23-21-24-16-18(28-21)17-6-2-1-3-7-17/h1-8,10,16H,9,11-15H2,(H,23,24). The number of rotatable bonds is 6. The number of pyridine rings is 1. The topological polar surface area (TPSA) is 61.4 Å². The molecule has 1 aromatic carbocycles. The number of nitrogens with zero attached hydrogens (tertiary/aromatic N) is 4. The van der Waals surface area contributed by atoms with Gasteiger partial charge in [-0.2, -0.15) is 0 Å². The Kier molecular flexibility index (Phi) is 5.82. The molecule has 1 amide bonds. The second-order valence-corrected chi connectivity index (χ2v) is 7.66. The van der Waals surface area contributed by atoms with E-state index < -0.39 is 0 Å². The number of benzene rings is 1. The summed E-state index contributed by atoms with van der Waals surface area (Å²) in [6.45, 7) is 3.73. The van der Waals surface area contributed by atoms with Crippen molar-refractivity contribution >= 4 is 28.2 Å². The van der Waals surface area contributed by atoms with Crippen LogP contribution in [0.4, 0.5) is 10.9 Å². The van der Waals surface area contributed by atoms with Gasteiger partial charge < -0.3 is 15.1 Å². The second-order valence-electron chi connectivity index (χ2n) is 6.63. The van der Waals surface area contributed by atoms with Gasteiger partial charge in [0.15, 0.2) is 5.13 Å². The van der Waals surface area contributed by atoms with Crippen LogP contribution in [0.3, 0.4) is 0 Å². The van der Waals surface area contributed by atoms with Crippen LogP contribution in [-0.4, -0.2) is 53.5 Å². The minimum absolute atomic E-state index is 0.188. The lowest BCUT2D eigenvalue weighted by molar-refractivity contribution is -0.131. The predicted molar refractivity (Wildman–Crippen MR) is 114 cm³/mol. The highest BCUT2D eigenvalue weighted by Crippen LogP contribution is 2.28. The monoisotopic (exact) mass is 393 g/mol. The summed E-state index contributed by atoms with van der Waals surface area (Å²) in [6.07, 6.45) is 4.16. The molecule has 6 nitrogen and oxygen atoms in total. The van der Waals surface area contributed by atoms with Crippen LogP contribution >= 0.6 is 11.3 Å². The number of carbonyl (C=O) groups is 1. The minimum Gasteiger partial charge on any atom is -0.361 e. The van der Waals surface area contributed by atoms with Crippen molar-refractivity contribution in [2.45, 2.75) is 6.42 Å². The van der Waals surface area contributed by atoms with Crippen LogP contribution in [0.5, 0.6) is 0 Å². The minimum atomic E-state index is 0.188. The zero-order valence-electron chi connectivity index (χ0n) is 15.6. The molecule has 0 atom stereocenters. The molecule has 1 aliphatic rings. The number of carbonyl (C=O) groups excluding carboxylic acids is 1. The van der Waals surface area contributed by atoms with Crippen LogP contribution in [-0.2, 0) is 4.79 Å². The highest BCUT2D eigenvalue weighted by Gasteiger charge is 2.21. The average Bonchev–Trinajstić information content (AvgIpc) is 3.24. The summed E-state index contributed by atoms with van der Waals surface area (Å²) in [5, 5.41) is 4.13. The van der Waals surface area contributed by atoms with Crippen molar-refractivity contribution in [3.05, 3.63) is 60.9 Å². The molecule has 4 rings (SSSR count). The third-order valence-electron chi connectivity index (χ3n) is 4.78. The first-order valence-electron chi connectivity index (χ1n) is 9.48. The van der Waals surface area contributed by atoms with E-state index in [0.717, 1.165) is 47.6 Å². The smallest absolute Gasteiger partial charge is 0.224 e. The van der Waals surface area contributed by atoms with E-state index in [-0.39, 0.29) is 5.91 Å². The van der Waals surface area contributed by atoms with E-state index in [4.69, 9.17) is 0 Å². The van der Waals surface area contributed by atoms with Crippen molar-refractivity contribution in [1.82, 2.24) is 14.9 Å². The number of amides is 1. The van der Waals surface area contributed by atoms with Gasteiger partial charge in [-0.25, -0.2) is 9.97 Å². The Labute approximate surface area is 168 Å². The molecule has 1 fully saturated rings. The Balaban J connectivity index is 1.22. The maximum atomic E-state index is 12.5. The first-order chi connectivity index (χ1) is 13.8. The molecule has 7 heteroatoms. The van der Waals surface area contributed by atoms with Crippen molar-refractivity contribution in [2.24, 2.45) is 0 Å². The van der Waals surface area contributed by atoms with Gasteiger partial charge in [-0.1, -0.05) is 47.7 Å². The molecule has 1 aliphatic heterocycles. The number of nitrogens with one attached hydrogen (secondary N) is 1. The van der Waals surface area contributed by atoms with Crippen molar-refractivity contribution in [2.75, 3.05) is 42.9 Å². The molecule has 3 aromatic rings. The molecule has 0 saturated carbocycles. The lowest BCUT2D eigenvalue weighted by Crippen LogP contribution is -2.49. The van der Waals surface area contributed by atoms with Crippen molar-refractivity contribution < 1.29 is 4.79 Å². The van der Waals surface area contributed by atoms with Crippen LogP contribution < -0.4 is 10.2 Å². The predicted octanol–water partition coefficient (Wildman–Crippen LogP) is 3.36. The Morgan fingerprint density at radius 2 is 1.79 bits per heavy atom. The molecular formula is C21H23N5OS. The second kappa shape index (κ2) is 8.84. The SMILES string of the molecule is O=C(CCNc1ncc(-c2ccccc2)s1)N1CCN(c2ccccn2)CC1. The molecule has 2 aromatic heterocycles. The molecule has 0 radical (unpaired) electrons. The average molecular weight is 394 g/mol. The summed E-state index contributed by atoms with van der Waals surface area (Å²) in [5.41, 5.74) is 1.16. The first kappa shape index (κ1) is 18.4. The fraction of sp³-hybridized carbons (Fsp3) is 0.286. The maximum Gasteiger partial charge on any atom is 0.224 e. The van der Waals surface area contributed by atoms with Crippen LogP contribution in [0.1, 0.15) is 6.42 Å². The lowest BCUT2D eigenvalue weighted by atomic mass is 10.2. The molecule has 1 N–H and O–H groups in total. The Morgan fingerprint density at radius 3 is 2.54 bits per heavy atom. The van der Waals surface area contributed by atoms with Gasteiger partial charge >= 0.3 is 0 Å². The molecule has 0 spiro atoms. The zero-order chi connectivity index (χ0) is 19.2. The number of piperazine rings is 1. The summed E-state index contributed by atoms with van der Waals surface area (Å²) in [7, 11) is 0. The number of aromatic nitrogens is 2. The van der Waals surface area contributed by atoms with Crippen molar-refractivity contribution in [1.29, 1.82) is 0 Å². The van der Waals surface area contributed by atoms with E-state index in [9.17, 15) is 4.79 Å². The quantitative estimate of drug-likeness (QED) is 0.696. The normalized spacial score (nSPS) is 14.1. The van der Waals surface area contributed by atoms with Gasteiger partial charge in [0.1, 0.15) is 5.82 Å². The van der Waals surface area contributed by atoms with Gasteiger partial charge in [0, 0.05) is 51.5 Å². The fourth-order valence-corrected chi connectivity index (χ4v) is 4.10. The van der Waals surface area contributed by atoms with Gasteiger partial charge in [-0.3, -0.25) is 4.79 Å². The number of hydrogen-bond donors (Lipinski definition) is 1. The van der Waals surface area contributed by atoms with Gasteiger partial charge in [-0.05, 0) is 17.7 Å². The van der Waals surface area contributed by atoms with Crippen LogP contribution in [0.15, 0.2) is 60.9 Å². The van der Waals surface area contributed by atoms with Crippen LogP contribution in [0.25, 0.3) is 10.4 Å². The van der Waals surface area contributed by atoms with E-state index in [1.807, 2.05) is 47.5 Å². The van der Waals surface area contributed by atoms with E-state index in [0.29, 0.717) is 13.0 Å². The van der Waals surface area contributed by atoms with Gasteiger partial charge in [0.05, 0.1) is 4.88 Å². The number of anilines is 2. The third-order valence-corrected chi connectivity index (χ3v) is 5.79. The Morgan fingerprint density at radius 1 is 1.00 bits per heavy atom. The largest absolute Gasteiger partial charge is 0.361 e. The van der Waals surface area contributed by atoms with E-state index >= 15 is 0 Å². The highest BCUT2D eigenvalue weighted by molar-refractivity contribution is 7.18. The van der Waals surface area contributed by atoms with Crippen molar-refractivity contribution in [3.8, 4) is 10.4 Å². The van der Waals surface area contributed by atoms with Gasteiger partial charge in [0.2, 0.25) is 5.91 Å². The summed E-state index contributed by atoms with van der Waals surface area (Å²) >= 11 is 1.61. The van der Waals surface area contributed by atoms with E-state index in [2.05, 4.69) is 32.3 Å². The maximum absolute atomic E-state index is 12.5. The fourth-order valence-electron chi connectivity index (χ4n) is 3.25. The molecule has 1 saturated heterocycles.